The molecule has 110 valence electrons. The Morgan fingerprint density at radius 2 is 2.15 bits per heavy atom. The molecule has 0 radical (unpaired) electrons. The SMILES string of the molecule is Cc1ccc(OCC(=O)N2CC(CN)CC2C)cc1C. The van der Waals surface area contributed by atoms with Gasteiger partial charge in [0.1, 0.15) is 5.75 Å². The van der Waals surface area contributed by atoms with Crippen LogP contribution in [0.25, 0.3) is 0 Å². The minimum Gasteiger partial charge on any atom is -0.484 e. The first-order valence-electron chi connectivity index (χ1n) is 7.21. The maximum absolute atomic E-state index is 12.2. The molecule has 0 saturated carbocycles. The number of carbonyl (C=O) groups is 1. The second-order valence-electron chi connectivity index (χ2n) is 5.77. The third-order valence-electron chi connectivity index (χ3n) is 4.16. The first-order valence-corrected chi connectivity index (χ1v) is 7.21. The molecule has 0 aliphatic carbocycles. The predicted octanol–water partition coefficient (Wildman–Crippen LogP) is 1.88. The summed E-state index contributed by atoms with van der Waals surface area (Å²) in [5, 5.41) is 0. The zero-order valence-electron chi connectivity index (χ0n) is 12.6. The number of aryl methyl sites for hydroxylation is 2. The lowest BCUT2D eigenvalue weighted by Crippen LogP contribution is -2.37. The normalized spacial score (nSPS) is 22.1. The Kier molecular flexibility index (Phi) is 4.65. The number of nitrogens with zero attached hydrogens (tertiary/aromatic N) is 1. The molecular formula is C16H24N2O2. The van der Waals surface area contributed by atoms with Gasteiger partial charge in [-0.25, -0.2) is 0 Å². The number of likely N-dealkylation sites (tertiary alicyclic amines) is 1. The molecule has 4 nitrogen and oxygen atoms in total. The number of hydrogen-bond donors (Lipinski definition) is 1. The van der Waals surface area contributed by atoms with E-state index in [0.29, 0.717) is 12.5 Å². The number of ether oxygens (including phenoxy) is 1. The number of benzene rings is 1. The molecule has 1 aromatic carbocycles. The van der Waals surface area contributed by atoms with Crippen LogP contribution in [0.5, 0.6) is 5.75 Å². The van der Waals surface area contributed by atoms with Crippen molar-refractivity contribution in [2.75, 3.05) is 19.7 Å². The summed E-state index contributed by atoms with van der Waals surface area (Å²) < 4.78 is 5.61. The third kappa shape index (κ3) is 3.31. The minimum absolute atomic E-state index is 0.0479. The zero-order chi connectivity index (χ0) is 14.7. The van der Waals surface area contributed by atoms with E-state index < -0.39 is 0 Å². The van der Waals surface area contributed by atoms with Gasteiger partial charge in [0.05, 0.1) is 0 Å². The Bertz CT molecular complexity index is 487. The lowest BCUT2D eigenvalue weighted by molar-refractivity contribution is -0.134. The van der Waals surface area contributed by atoms with Crippen LogP contribution in [0.3, 0.4) is 0 Å². The van der Waals surface area contributed by atoms with Gasteiger partial charge in [-0.3, -0.25) is 4.79 Å². The van der Waals surface area contributed by atoms with E-state index >= 15 is 0 Å². The van der Waals surface area contributed by atoms with Crippen molar-refractivity contribution in [1.29, 1.82) is 0 Å². The van der Waals surface area contributed by atoms with Gasteiger partial charge < -0.3 is 15.4 Å². The maximum Gasteiger partial charge on any atom is 0.260 e. The molecule has 2 N–H and O–H groups in total. The third-order valence-corrected chi connectivity index (χ3v) is 4.16. The van der Waals surface area contributed by atoms with E-state index in [-0.39, 0.29) is 18.6 Å². The van der Waals surface area contributed by atoms with Gasteiger partial charge in [0.2, 0.25) is 0 Å². The van der Waals surface area contributed by atoms with E-state index in [4.69, 9.17) is 10.5 Å². The van der Waals surface area contributed by atoms with Crippen molar-refractivity contribution >= 4 is 5.91 Å². The number of hydrogen-bond acceptors (Lipinski definition) is 3. The quantitative estimate of drug-likeness (QED) is 0.913. The highest BCUT2D eigenvalue weighted by molar-refractivity contribution is 5.78. The van der Waals surface area contributed by atoms with E-state index in [9.17, 15) is 4.79 Å². The van der Waals surface area contributed by atoms with Crippen LogP contribution in [0.2, 0.25) is 0 Å². The molecule has 20 heavy (non-hydrogen) atoms. The Morgan fingerprint density at radius 1 is 1.40 bits per heavy atom. The highest BCUT2D eigenvalue weighted by atomic mass is 16.5. The van der Waals surface area contributed by atoms with E-state index in [1.165, 1.54) is 11.1 Å². The summed E-state index contributed by atoms with van der Waals surface area (Å²) in [6.07, 6.45) is 0.992. The highest BCUT2D eigenvalue weighted by Crippen LogP contribution is 2.22. The summed E-state index contributed by atoms with van der Waals surface area (Å²) in [5.41, 5.74) is 8.08. The van der Waals surface area contributed by atoms with Crippen LogP contribution in [0.15, 0.2) is 18.2 Å². The van der Waals surface area contributed by atoms with E-state index in [1.807, 2.05) is 30.0 Å². The molecule has 2 atom stereocenters. The summed E-state index contributed by atoms with van der Waals surface area (Å²) in [7, 11) is 0. The summed E-state index contributed by atoms with van der Waals surface area (Å²) in [6.45, 7) is 7.67. The van der Waals surface area contributed by atoms with E-state index in [1.54, 1.807) is 0 Å². The van der Waals surface area contributed by atoms with Crippen molar-refractivity contribution in [2.45, 2.75) is 33.2 Å². The summed E-state index contributed by atoms with van der Waals surface area (Å²) in [6, 6.07) is 6.15. The van der Waals surface area contributed by atoms with Crippen molar-refractivity contribution in [3.63, 3.8) is 0 Å². The van der Waals surface area contributed by atoms with Crippen LogP contribution in [-0.2, 0) is 4.79 Å². The fourth-order valence-corrected chi connectivity index (χ4v) is 2.69. The summed E-state index contributed by atoms with van der Waals surface area (Å²) in [5.74, 6) is 1.23. The average molecular weight is 276 g/mol. The first kappa shape index (κ1) is 14.9. The summed E-state index contributed by atoms with van der Waals surface area (Å²) >= 11 is 0. The minimum atomic E-state index is 0.0479. The van der Waals surface area contributed by atoms with Gasteiger partial charge in [-0.2, -0.15) is 0 Å². The zero-order valence-corrected chi connectivity index (χ0v) is 12.6. The molecule has 1 fully saturated rings. The van der Waals surface area contributed by atoms with Gasteiger partial charge >= 0.3 is 0 Å². The lowest BCUT2D eigenvalue weighted by atomic mass is 10.1. The molecule has 1 amide bonds. The first-order chi connectivity index (χ1) is 9.51. The molecule has 0 aromatic heterocycles. The molecular weight excluding hydrogens is 252 g/mol. The number of amides is 1. The highest BCUT2D eigenvalue weighted by Gasteiger charge is 2.31. The van der Waals surface area contributed by atoms with E-state index in [2.05, 4.69) is 13.8 Å². The molecule has 4 heteroatoms. The molecule has 2 rings (SSSR count). The number of carbonyl (C=O) groups excluding carboxylic acids is 1. The molecule has 0 spiro atoms. The monoisotopic (exact) mass is 276 g/mol. The van der Waals surface area contributed by atoms with Crippen LogP contribution in [0, 0.1) is 19.8 Å². The molecule has 1 aliphatic rings. The Hall–Kier alpha value is -1.55. The maximum atomic E-state index is 12.2. The molecule has 1 aromatic rings. The standard InChI is InChI=1S/C16H24N2O2/c1-11-4-5-15(6-12(11)2)20-10-16(19)18-9-14(8-17)7-13(18)3/h4-6,13-14H,7-10,17H2,1-3H3. The van der Waals surface area contributed by atoms with Gasteiger partial charge in [0.25, 0.3) is 5.91 Å². The van der Waals surface area contributed by atoms with Crippen LogP contribution >= 0.6 is 0 Å². The molecule has 1 saturated heterocycles. The van der Waals surface area contributed by atoms with Gasteiger partial charge in [-0.05, 0) is 62.9 Å². The van der Waals surface area contributed by atoms with Gasteiger partial charge in [0, 0.05) is 12.6 Å². The van der Waals surface area contributed by atoms with Gasteiger partial charge in [-0.15, -0.1) is 0 Å². The van der Waals surface area contributed by atoms with Crippen molar-refractivity contribution in [2.24, 2.45) is 11.7 Å². The molecule has 2 unspecified atom stereocenters. The van der Waals surface area contributed by atoms with Crippen molar-refractivity contribution < 1.29 is 9.53 Å². The van der Waals surface area contributed by atoms with Crippen molar-refractivity contribution in [3.05, 3.63) is 29.3 Å². The Morgan fingerprint density at radius 3 is 2.75 bits per heavy atom. The Balaban J connectivity index is 1.90. The molecule has 1 aliphatic heterocycles. The average Bonchev–Trinajstić information content (AvgIpc) is 2.81. The van der Waals surface area contributed by atoms with Crippen molar-refractivity contribution in [3.8, 4) is 5.75 Å². The van der Waals surface area contributed by atoms with Crippen molar-refractivity contribution in [1.82, 2.24) is 4.90 Å². The Labute approximate surface area is 120 Å². The van der Waals surface area contributed by atoms with Crippen LogP contribution in [0.4, 0.5) is 0 Å². The predicted molar refractivity (Wildman–Crippen MR) is 79.7 cm³/mol. The molecule has 0 bridgehead atoms. The number of rotatable bonds is 4. The van der Waals surface area contributed by atoms with Gasteiger partial charge in [-0.1, -0.05) is 6.07 Å². The summed E-state index contributed by atoms with van der Waals surface area (Å²) in [4.78, 5) is 14.1. The van der Waals surface area contributed by atoms with Gasteiger partial charge in [0.15, 0.2) is 6.61 Å². The second-order valence-corrected chi connectivity index (χ2v) is 5.77. The topological polar surface area (TPSA) is 55.6 Å². The fourth-order valence-electron chi connectivity index (χ4n) is 2.69. The second kappa shape index (κ2) is 6.27. The van der Waals surface area contributed by atoms with Crippen LogP contribution in [0.1, 0.15) is 24.5 Å². The lowest BCUT2D eigenvalue weighted by Gasteiger charge is -2.21. The fraction of sp³-hybridized carbons (Fsp3) is 0.562. The van der Waals surface area contributed by atoms with Crippen LogP contribution < -0.4 is 10.5 Å². The smallest absolute Gasteiger partial charge is 0.260 e. The number of nitrogens with two attached hydrogens (primary N) is 1. The van der Waals surface area contributed by atoms with E-state index in [0.717, 1.165) is 18.7 Å². The van der Waals surface area contributed by atoms with Crippen LogP contribution in [-0.4, -0.2) is 36.5 Å². The largest absolute Gasteiger partial charge is 0.484 e. The molecule has 1 heterocycles.